The minimum atomic E-state index is 0.0645. The third-order valence-electron chi connectivity index (χ3n) is 5.81. The van der Waals surface area contributed by atoms with E-state index >= 15 is 0 Å². The van der Waals surface area contributed by atoms with Crippen molar-refractivity contribution < 1.29 is 4.79 Å². The molecule has 2 N–H and O–H groups in total. The highest BCUT2D eigenvalue weighted by atomic mass is 16.2. The van der Waals surface area contributed by atoms with Crippen molar-refractivity contribution in [2.75, 3.05) is 18.4 Å². The summed E-state index contributed by atoms with van der Waals surface area (Å²) in [5, 5.41) is 6.73. The molecule has 7 nitrogen and oxygen atoms in total. The molecule has 32 heavy (non-hydrogen) atoms. The largest absolute Gasteiger partial charge is 0.336 e. The molecule has 0 radical (unpaired) electrons. The summed E-state index contributed by atoms with van der Waals surface area (Å²) in [6.07, 6.45) is 3.72. The molecule has 3 heterocycles. The number of amides is 1. The number of nitrogens with zero attached hydrogens (tertiary/aromatic N) is 4. The molecule has 0 bridgehead atoms. The van der Waals surface area contributed by atoms with E-state index in [0.29, 0.717) is 30.1 Å². The molecule has 0 spiro atoms. The number of fused-ring (bicyclic) bond motifs is 3. The van der Waals surface area contributed by atoms with Crippen molar-refractivity contribution in [1.29, 1.82) is 0 Å². The van der Waals surface area contributed by atoms with Crippen LogP contribution in [0.1, 0.15) is 35.3 Å². The van der Waals surface area contributed by atoms with Gasteiger partial charge in [0.25, 0.3) is 5.91 Å². The minimum Gasteiger partial charge on any atom is -0.336 e. The average Bonchev–Trinajstić information content (AvgIpc) is 2.98. The van der Waals surface area contributed by atoms with E-state index < -0.39 is 0 Å². The topological polar surface area (TPSA) is 82.5 Å². The van der Waals surface area contributed by atoms with Gasteiger partial charge in [-0.15, -0.1) is 0 Å². The van der Waals surface area contributed by atoms with Crippen molar-refractivity contribution in [2.45, 2.75) is 32.5 Å². The van der Waals surface area contributed by atoms with Gasteiger partial charge in [0.05, 0.1) is 12.2 Å². The van der Waals surface area contributed by atoms with Crippen molar-refractivity contribution in [3.63, 3.8) is 0 Å². The molecule has 5 rings (SSSR count). The summed E-state index contributed by atoms with van der Waals surface area (Å²) < 4.78 is 0. The van der Waals surface area contributed by atoms with Crippen LogP contribution in [0.2, 0.25) is 0 Å². The van der Waals surface area contributed by atoms with Gasteiger partial charge in [0, 0.05) is 65.5 Å². The first-order valence-electron chi connectivity index (χ1n) is 10.9. The summed E-state index contributed by atoms with van der Waals surface area (Å²) >= 11 is 0. The molecule has 3 aromatic rings. The van der Waals surface area contributed by atoms with Crippen molar-refractivity contribution in [1.82, 2.24) is 20.2 Å². The second kappa shape index (κ2) is 8.51. The molecule has 7 heteroatoms. The van der Waals surface area contributed by atoms with Gasteiger partial charge in [-0.2, -0.15) is 0 Å². The van der Waals surface area contributed by atoms with Crippen LogP contribution in [0.3, 0.4) is 0 Å². The Hall–Kier alpha value is -3.58. The number of benzene rings is 2. The maximum absolute atomic E-state index is 12.9. The van der Waals surface area contributed by atoms with E-state index in [9.17, 15) is 4.79 Å². The number of hydrogen-bond acceptors (Lipinski definition) is 6. The quantitative estimate of drug-likeness (QED) is 0.668. The third-order valence-corrected chi connectivity index (χ3v) is 5.81. The maximum Gasteiger partial charge on any atom is 0.253 e. The Bertz CT molecular complexity index is 1160. The lowest BCUT2D eigenvalue weighted by molar-refractivity contribution is 0.0674. The fourth-order valence-electron chi connectivity index (χ4n) is 4.38. The summed E-state index contributed by atoms with van der Waals surface area (Å²) in [6.45, 7) is 6.21. The fraction of sp³-hybridized carbons (Fsp3) is 0.280. The number of aromatic nitrogens is 2. The molecule has 2 aliphatic heterocycles. The molecule has 1 fully saturated rings. The highest BCUT2D eigenvalue weighted by molar-refractivity contribution is 5.95. The first-order valence-corrected chi connectivity index (χ1v) is 10.9. The smallest absolute Gasteiger partial charge is 0.253 e. The van der Waals surface area contributed by atoms with Crippen LogP contribution < -0.4 is 10.6 Å². The highest BCUT2D eigenvalue weighted by Gasteiger charge is 2.25. The predicted octanol–water partition coefficient (Wildman–Crippen LogP) is 3.64. The Morgan fingerprint density at radius 2 is 1.81 bits per heavy atom. The Kier molecular flexibility index (Phi) is 5.41. The van der Waals surface area contributed by atoms with Crippen LogP contribution in [-0.2, 0) is 6.54 Å². The molecule has 2 aliphatic rings. The minimum absolute atomic E-state index is 0.0645. The standard InChI is InChI=1S/C25H26N6O/c1-16-14-31(15-17(2)28-16)24(32)18-7-9-21(10-8-18)29-25-27-13-20-12-26-11-19-5-3-4-6-22(19)23(20)30-25/h3-11,13,16-17,28H,12,14-15H2,1-2H3,(H,27,29,30). The lowest BCUT2D eigenvalue weighted by atomic mass is 10.0. The zero-order valence-electron chi connectivity index (χ0n) is 18.2. The van der Waals surface area contributed by atoms with Crippen molar-refractivity contribution in [3.8, 4) is 11.3 Å². The third kappa shape index (κ3) is 4.11. The Balaban J connectivity index is 1.34. The zero-order valence-corrected chi connectivity index (χ0v) is 18.2. The second-order valence-corrected chi connectivity index (χ2v) is 8.51. The second-order valence-electron chi connectivity index (χ2n) is 8.51. The molecule has 2 atom stereocenters. The number of carbonyl (C=O) groups excluding carboxylic acids is 1. The fourth-order valence-corrected chi connectivity index (χ4v) is 4.38. The van der Waals surface area contributed by atoms with Crippen LogP contribution in [-0.4, -0.2) is 52.2 Å². The first kappa shape index (κ1) is 20.3. The van der Waals surface area contributed by atoms with E-state index in [2.05, 4.69) is 40.5 Å². The van der Waals surface area contributed by atoms with E-state index in [4.69, 9.17) is 4.98 Å². The molecule has 1 amide bonds. The summed E-state index contributed by atoms with van der Waals surface area (Å²) in [5.41, 5.74) is 5.51. The molecule has 2 unspecified atom stereocenters. The van der Waals surface area contributed by atoms with Crippen LogP contribution in [0.15, 0.2) is 59.7 Å². The van der Waals surface area contributed by atoms with Crippen LogP contribution in [0.4, 0.5) is 11.6 Å². The van der Waals surface area contributed by atoms with Gasteiger partial charge in [0.15, 0.2) is 0 Å². The van der Waals surface area contributed by atoms with Crippen molar-refractivity contribution in [3.05, 3.63) is 71.4 Å². The number of piperazine rings is 1. The predicted molar refractivity (Wildman–Crippen MR) is 126 cm³/mol. The van der Waals surface area contributed by atoms with Gasteiger partial charge in [-0.3, -0.25) is 9.79 Å². The SMILES string of the molecule is CC1CN(C(=O)c2ccc(Nc3ncc4c(n3)-c3ccccc3C=NC4)cc2)CC(C)N1. The Morgan fingerprint density at radius 3 is 2.59 bits per heavy atom. The number of anilines is 2. The number of aliphatic imine (C=N–C) groups is 1. The molecule has 1 saturated heterocycles. The monoisotopic (exact) mass is 426 g/mol. The van der Waals surface area contributed by atoms with Gasteiger partial charge in [-0.1, -0.05) is 24.3 Å². The van der Waals surface area contributed by atoms with Crippen LogP contribution in [0.5, 0.6) is 0 Å². The van der Waals surface area contributed by atoms with Gasteiger partial charge in [0.1, 0.15) is 0 Å². The molecule has 0 aliphatic carbocycles. The zero-order chi connectivity index (χ0) is 22.1. The highest BCUT2D eigenvalue weighted by Crippen LogP contribution is 2.28. The van der Waals surface area contributed by atoms with Crippen molar-refractivity contribution in [2.24, 2.45) is 4.99 Å². The number of rotatable bonds is 3. The molecule has 1 aromatic heterocycles. The van der Waals surface area contributed by atoms with E-state index in [1.807, 2.05) is 59.8 Å². The van der Waals surface area contributed by atoms with Gasteiger partial charge in [0.2, 0.25) is 5.95 Å². The normalized spacial score (nSPS) is 19.6. The molecule has 162 valence electrons. The summed E-state index contributed by atoms with van der Waals surface area (Å²) in [6, 6.07) is 16.2. The number of hydrogen-bond donors (Lipinski definition) is 2. The Labute approximate surface area is 187 Å². The summed E-state index contributed by atoms with van der Waals surface area (Å²) in [4.78, 5) is 28.6. The summed E-state index contributed by atoms with van der Waals surface area (Å²) in [7, 11) is 0. The number of carbonyl (C=O) groups is 1. The molecule has 0 saturated carbocycles. The van der Waals surface area contributed by atoms with E-state index in [0.717, 1.165) is 41.2 Å². The molecular weight excluding hydrogens is 400 g/mol. The van der Waals surface area contributed by atoms with E-state index in [1.165, 1.54) is 0 Å². The van der Waals surface area contributed by atoms with Gasteiger partial charge in [-0.25, -0.2) is 9.97 Å². The van der Waals surface area contributed by atoms with E-state index in [1.54, 1.807) is 0 Å². The van der Waals surface area contributed by atoms with Gasteiger partial charge < -0.3 is 15.5 Å². The molecular formula is C25H26N6O. The van der Waals surface area contributed by atoms with Crippen LogP contribution in [0.25, 0.3) is 11.3 Å². The van der Waals surface area contributed by atoms with Crippen LogP contribution in [0, 0.1) is 0 Å². The average molecular weight is 427 g/mol. The Morgan fingerprint density at radius 1 is 1.06 bits per heavy atom. The van der Waals surface area contributed by atoms with E-state index in [-0.39, 0.29) is 5.91 Å². The van der Waals surface area contributed by atoms with Gasteiger partial charge in [-0.05, 0) is 38.1 Å². The van der Waals surface area contributed by atoms with Crippen LogP contribution >= 0.6 is 0 Å². The maximum atomic E-state index is 12.9. The number of nitrogens with one attached hydrogen (secondary N) is 2. The van der Waals surface area contributed by atoms with Gasteiger partial charge >= 0.3 is 0 Å². The molecule has 2 aromatic carbocycles. The summed E-state index contributed by atoms with van der Waals surface area (Å²) in [5.74, 6) is 0.582. The first-order chi connectivity index (χ1) is 15.6. The lowest BCUT2D eigenvalue weighted by Gasteiger charge is -2.36. The van der Waals surface area contributed by atoms with Crippen molar-refractivity contribution >= 4 is 23.8 Å². The lowest BCUT2D eigenvalue weighted by Crippen LogP contribution is -2.55.